The molecule has 0 aromatic heterocycles. The van der Waals surface area contributed by atoms with E-state index >= 15 is 0 Å². The first-order valence-electron chi connectivity index (χ1n) is 8.75. The van der Waals surface area contributed by atoms with Gasteiger partial charge >= 0.3 is 5.97 Å². The highest BCUT2D eigenvalue weighted by molar-refractivity contribution is 5.85. The van der Waals surface area contributed by atoms with E-state index in [1.54, 1.807) is 0 Å². The molecule has 3 nitrogen and oxygen atoms in total. The molecule has 1 rings (SSSR count). The van der Waals surface area contributed by atoms with Gasteiger partial charge in [0.15, 0.2) is 0 Å². The second-order valence-corrected chi connectivity index (χ2v) is 7.97. The molecule has 136 valence electrons. The normalized spacial score (nSPS) is 25.2. The Bertz CT molecular complexity index is 366. The second-order valence-electron chi connectivity index (χ2n) is 7.97. The smallest absolute Gasteiger partial charge is 0.305 e. The van der Waals surface area contributed by atoms with Crippen LogP contribution in [-0.2, 0) is 9.53 Å². The van der Waals surface area contributed by atoms with Crippen molar-refractivity contribution in [1.82, 2.24) is 0 Å². The number of hydrogen-bond donors (Lipinski definition) is 1. The van der Waals surface area contributed by atoms with Crippen molar-refractivity contribution in [2.24, 2.45) is 22.5 Å². The van der Waals surface area contributed by atoms with Crippen LogP contribution in [0.4, 0.5) is 0 Å². The maximum atomic E-state index is 11.1. The minimum absolute atomic E-state index is 0. The third-order valence-electron chi connectivity index (χ3n) is 5.41. The first kappa shape index (κ1) is 22.5. The van der Waals surface area contributed by atoms with Gasteiger partial charge < -0.3 is 10.5 Å². The summed E-state index contributed by atoms with van der Waals surface area (Å²) in [5.41, 5.74) is 6.68. The molecule has 1 aliphatic carbocycles. The van der Waals surface area contributed by atoms with Crippen molar-refractivity contribution in [3.63, 3.8) is 0 Å². The predicted octanol–water partition coefficient (Wildman–Crippen LogP) is 4.88. The molecule has 0 amide bonds. The molecule has 0 radical (unpaired) electrons. The van der Waals surface area contributed by atoms with E-state index in [0.29, 0.717) is 17.3 Å². The molecular formula is C19H36ClNO2. The number of allylic oxidation sites excluding steroid dienone is 2. The monoisotopic (exact) mass is 345 g/mol. The zero-order valence-corrected chi connectivity index (χ0v) is 16.2. The Kier molecular flexibility index (Phi) is 10.1. The summed E-state index contributed by atoms with van der Waals surface area (Å²) in [5, 5.41) is 0. The van der Waals surface area contributed by atoms with E-state index in [-0.39, 0.29) is 18.4 Å². The van der Waals surface area contributed by atoms with Crippen molar-refractivity contribution >= 4 is 18.4 Å². The fourth-order valence-corrected chi connectivity index (χ4v) is 3.71. The van der Waals surface area contributed by atoms with E-state index in [1.807, 2.05) is 0 Å². The van der Waals surface area contributed by atoms with Crippen molar-refractivity contribution in [3.8, 4) is 0 Å². The lowest BCUT2D eigenvalue weighted by atomic mass is 9.62. The number of halogens is 1. The number of methoxy groups -OCH3 is 1. The Morgan fingerprint density at radius 3 is 2.35 bits per heavy atom. The highest BCUT2D eigenvalue weighted by Gasteiger charge is 2.37. The minimum atomic E-state index is -0.132. The zero-order valence-electron chi connectivity index (χ0n) is 15.4. The van der Waals surface area contributed by atoms with Gasteiger partial charge in [0.2, 0.25) is 0 Å². The lowest BCUT2D eigenvalue weighted by Crippen LogP contribution is -2.33. The fraction of sp³-hybridized carbons (Fsp3) is 0.842. The third kappa shape index (κ3) is 7.71. The van der Waals surface area contributed by atoms with Gasteiger partial charge in [-0.3, -0.25) is 4.79 Å². The predicted molar refractivity (Wildman–Crippen MR) is 99.8 cm³/mol. The zero-order chi connectivity index (χ0) is 16.6. The summed E-state index contributed by atoms with van der Waals surface area (Å²) in [7, 11) is 1.44. The van der Waals surface area contributed by atoms with Crippen LogP contribution in [0.3, 0.4) is 0 Å². The van der Waals surface area contributed by atoms with Crippen molar-refractivity contribution in [3.05, 3.63) is 12.2 Å². The maximum absolute atomic E-state index is 11.1. The van der Waals surface area contributed by atoms with Crippen LogP contribution >= 0.6 is 12.4 Å². The molecule has 0 spiro atoms. The fourth-order valence-electron chi connectivity index (χ4n) is 3.71. The number of carbonyl (C=O) groups is 1. The van der Waals surface area contributed by atoms with Crippen molar-refractivity contribution in [1.29, 1.82) is 0 Å². The SMILES string of the molecule is COC(=O)CC/C=C\CC1(CCN)CCC(C(C)(C)C)CC1.Cl. The number of hydrogen-bond acceptors (Lipinski definition) is 3. The molecule has 2 N–H and O–H groups in total. The molecule has 0 bridgehead atoms. The van der Waals surface area contributed by atoms with E-state index in [0.717, 1.165) is 31.7 Å². The standard InChI is InChI=1S/C19H35NO2.ClH/c1-18(2,3)16-9-12-19(13-10-16,14-15-20)11-7-5-6-8-17(21)22-4;/h5,7,16H,6,8-15,20H2,1-4H3;1H/b7-5-;. The van der Waals surface area contributed by atoms with Gasteiger partial charge in [0.05, 0.1) is 7.11 Å². The van der Waals surface area contributed by atoms with Crippen LogP contribution in [0.15, 0.2) is 12.2 Å². The van der Waals surface area contributed by atoms with Gasteiger partial charge in [-0.05, 0) is 68.2 Å². The molecule has 4 heteroatoms. The van der Waals surface area contributed by atoms with Gasteiger partial charge in [0.1, 0.15) is 0 Å². The molecule has 0 aromatic rings. The Balaban J connectivity index is 0.00000484. The van der Waals surface area contributed by atoms with Crippen LogP contribution in [0, 0.1) is 16.7 Å². The van der Waals surface area contributed by atoms with E-state index in [1.165, 1.54) is 32.8 Å². The highest BCUT2D eigenvalue weighted by Crippen LogP contribution is 2.48. The van der Waals surface area contributed by atoms with Gasteiger partial charge in [-0.15, -0.1) is 12.4 Å². The summed E-state index contributed by atoms with van der Waals surface area (Å²) in [6.45, 7) is 7.86. The summed E-state index contributed by atoms with van der Waals surface area (Å²) in [4.78, 5) is 11.1. The largest absolute Gasteiger partial charge is 0.469 e. The second kappa shape index (κ2) is 10.4. The average molecular weight is 346 g/mol. The third-order valence-corrected chi connectivity index (χ3v) is 5.41. The molecule has 23 heavy (non-hydrogen) atoms. The first-order chi connectivity index (χ1) is 10.3. The van der Waals surface area contributed by atoms with E-state index in [4.69, 9.17) is 5.73 Å². The lowest BCUT2D eigenvalue weighted by molar-refractivity contribution is -0.140. The number of esters is 1. The molecule has 0 unspecified atom stereocenters. The number of rotatable bonds is 7. The Morgan fingerprint density at radius 1 is 1.26 bits per heavy atom. The number of nitrogens with two attached hydrogens (primary N) is 1. The number of carbonyl (C=O) groups excluding carboxylic acids is 1. The molecule has 0 saturated heterocycles. The van der Waals surface area contributed by atoms with E-state index in [9.17, 15) is 4.79 Å². The van der Waals surface area contributed by atoms with Crippen LogP contribution in [-0.4, -0.2) is 19.6 Å². The Morgan fingerprint density at radius 2 is 1.87 bits per heavy atom. The van der Waals surface area contributed by atoms with Gasteiger partial charge in [0.25, 0.3) is 0 Å². The molecule has 1 saturated carbocycles. The van der Waals surface area contributed by atoms with Crippen LogP contribution in [0.5, 0.6) is 0 Å². The molecule has 0 atom stereocenters. The molecule has 0 aromatic carbocycles. The van der Waals surface area contributed by atoms with Gasteiger partial charge in [-0.25, -0.2) is 0 Å². The van der Waals surface area contributed by atoms with E-state index < -0.39 is 0 Å². The summed E-state index contributed by atoms with van der Waals surface area (Å²) in [6, 6.07) is 0. The van der Waals surface area contributed by atoms with Crippen LogP contribution in [0.25, 0.3) is 0 Å². The minimum Gasteiger partial charge on any atom is -0.469 e. The Hall–Kier alpha value is -0.540. The van der Waals surface area contributed by atoms with Gasteiger partial charge in [-0.1, -0.05) is 32.9 Å². The molecule has 1 aliphatic rings. The lowest BCUT2D eigenvalue weighted by Gasteiger charge is -2.44. The molecule has 0 heterocycles. The summed E-state index contributed by atoms with van der Waals surface area (Å²) in [5.74, 6) is 0.703. The van der Waals surface area contributed by atoms with E-state index in [2.05, 4.69) is 37.7 Å². The molecular weight excluding hydrogens is 310 g/mol. The van der Waals surface area contributed by atoms with Crippen molar-refractivity contribution < 1.29 is 9.53 Å². The van der Waals surface area contributed by atoms with Crippen LogP contribution in [0.1, 0.15) is 72.1 Å². The van der Waals surface area contributed by atoms with Crippen molar-refractivity contribution in [2.75, 3.05) is 13.7 Å². The van der Waals surface area contributed by atoms with Gasteiger partial charge in [-0.2, -0.15) is 0 Å². The van der Waals surface area contributed by atoms with Crippen LogP contribution < -0.4 is 5.73 Å². The van der Waals surface area contributed by atoms with Gasteiger partial charge in [0, 0.05) is 6.42 Å². The summed E-state index contributed by atoms with van der Waals surface area (Å²) in [6.07, 6.45) is 13.1. The quantitative estimate of drug-likeness (QED) is 0.528. The molecule has 1 fully saturated rings. The average Bonchev–Trinajstić information content (AvgIpc) is 2.46. The number of ether oxygens (including phenoxy) is 1. The summed E-state index contributed by atoms with van der Waals surface area (Å²) >= 11 is 0. The maximum Gasteiger partial charge on any atom is 0.305 e. The topological polar surface area (TPSA) is 52.3 Å². The van der Waals surface area contributed by atoms with Crippen LogP contribution in [0.2, 0.25) is 0 Å². The highest BCUT2D eigenvalue weighted by atomic mass is 35.5. The summed E-state index contributed by atoms with van der Waals surface area (Å²) < 4.78 is 4.66. The Labute approximate surface area is 148 Å². The van der Waals surface area contributed by atoms with Crippen molar-refractivity contribution in [2.45, 2.75) is 72.1 Å². The molecule has 0 aliphatic heterocycles. The first-order valence-corrected chi connectivity index (χ1v) is 8.75.